The first-order valence-electron chi connectivity index (χ1n) is 12.7. The highest BCUT2D eigenvalue weighted by Crippen LogP contribution is 2.26. The van der Waals surface area contributed by atoms with Gasteiger partial charge >= 0.3 is 0 Å². The van der Waals surface area contributed by atoms with Crippen LogP contribution in [-0.4, -0.2) is 51.4 Å². The third-order valence-corrected chi connectivity index (χ3v) is 7.98. The molecule has 2 amide bonds. The summed E-state index contributed by atoms with van der Waals surface area (Å²) in [5.41, 5.74) is 0.194. The third-order valence-electron chi connectivity index (χ3n) is 6.19. The van der Waals surface area contributed by atoms with Crippen LogP contribution < -0.4 is 14.4 Å². The largest absolute Gasteiger partial charge is 0.497 e. The first kappa shape index (κ1) is 30.6. The Labute approximate surface area is 233 Å². The van der Waals surface area contributed by atoms with Gasteiger partial charge in [-0.05, 0) is 67.4 Å². The minimum Gasteiger partial charge on any atom is -0.497 e. The fraction of sp³-hybridized carbons (Fsp3) is 0.310. The van der Waals surface area contributed by atoms with Gasteiger partial charge in [-0.2, -0.15) is 0 Å². The molecule has 3 rings (SSSR count). The second-order valence-electron chi connectivity index (χ2n) is 9.59. The maximum absolute atomic E-state index is 14.6. The minimum atomic E-state index is -4.34. The molecule has 1 atom stereocenters. The predicted octanol–water partition coefficient (Wildman–Crippen LogP) is 4.36. The summed E-state index contributed by atoms with van der Waals surface area (Å²) in [4.78, 5) is 27.8. The molecule has 0 heterocycles. The second kappa shape index (κ2) is 13.4. The number of methoxy groups -OCH3 is 1. The molecule has 40 heavy (non-hydrogen) atoms. The number of nitrogens with zero attached hydrogens (tertiary/aromatic N) is 2. The SMILES string of the molecule is COc1ccc(S(=O)(=O)N(CC(=O)N(Cc2ccccc2F)[C@@H](C)C(=O)NCC(C)C)c2ccc(F)cc2)cc1. The first-order valence-corrected chi connectivity index (χ1v) is 14.1. The van der Waals surface area contributed by atoms with E-state index in [1.165, 1.54) is 68.6 Å². The summed E-state index contributed by atoms with van der Waals surface area (Å²) in [6.45, 7) is 4.68. The normalized spacial score (nSPS) is 12.1. The van der Waals surface area contributed by atoms with E-state index in [9.17, 15) is 26.8 Å². The number of rotatable bonds is 12. The lowest BCUT2D eigenvalue weighted by Crippen LogP contribution is -2.51. The molecule has 1 N–H and O–H groups in total. The molecule has 0 aliphatic carbocycles. The summed E-state index contributed by atoms with van der Waals surface area (Å²) in [5.74, 6) is -1.80. The number of ether oxygens (including phenoxy) is 1. The zero-order chi connectivity index (χ0) is 29.4. The van der Waals surface area contributed by atoms with Crippen molar-refractivity contribution >= 4 is 27.5 Å². The predicted molar refractivity (Wildman–Crippen MR) is 148 cm³/mol. The molecule has 8 nitrogen and oxygen atoms in total. The number of amides is 2. The van der Waals surface area contributed by atoms with E-state index in [0.29, 0.717) is 12.3 Å². The number of carbonyl (C=O) groups excluding carboxylic acids is 2. The number of halogens is 2. The number of sulfonamides is 1. The average molecular weight is 574 g/mol. The van der Waals surface area contributed by atoms with Crippen LogP contribution in [0.25, 0.3) is 0 Å². The van der Waals surface area contributed by atoms with E-state index in [4.69, 9.17) is 4.74 Å². The van der Waals surface area contributed by atoms with Crippen LogP contribution in [0.2, 0.25) is 0 Å². The van der Waals surface area contributed by atoms with Gasteiger partial charge < -0.3 is 15.0 Å². The monoisotopic (exact) mass is 573 g/mol. The Hall–Kier alpha value is -3.99. The molecule has 3 aromatic rings. The Morgan fingerprint density at radius 3 is 2.12 bits per heavy atom. The Balaban J connectivity index is 2.02. The molecule has 0 spiro atoms. The molecular weight excluding hydrogens is 540 g/mol. The smallest absolute Gasteiger partial charge is 0.264 e. The summed E-state index contributed by atoms with van der Waals surface area (Å²) in [7, 11) is -2.90. The molecule has 0 fully saturated rings. The number of benzene rings is 3. The number of hydrogen-bond acceptors (Lipinski definition) is 5. The van der Waals surface area contributed by atoms with E-state index in [-0.39, 0.29) is 28.6 Å². The molecule has 0 aliphatic rings. The van der Waals surface area contributed by atoms with Crippen molar-refractivity contribution in [1.29, 1.82) is 0 Å². The van der Waals surface area contributed by atoms with Crippen molar-refractivity contribution in [2.45, 2.75) is 38.3 Å². The van der Waals surface area contributed by atoms with Crippen LogP contribution in [0, 0.1) is 17.6 Å². The summed E-state index contributed by atoms with van der Waals surface area (Å²) in [5, 5.41) is 2.76. The van der Waals surface area contributed by atoms with Crippen LogP contribution in [0.5, 0.6) is 5.75 Å². The Morgan fingerprint density at radius 1 is 0.925 bits per heavy atom. The average Bonchev–Trinajstić information content (AvgIpc) is 2.94. The van der Waals surface area contributed by atoms with Crippen molar-refractivity contribution in [1.82, 2.24) is 10.2 Å². The van der Waals surface area contributed by atoms with Crippen molar-refractivity contribution in [2.75, 3.05) is 24.5 Å². The van der Waals surface area contributed by atoms with Gasteiger partial charge in [0.1, 0.15) is 30.0 Å². The van der Waals surface area contributed by atoms with Gasteiger partial charge in [0.25, 0.3) is 10.0 Å². The lowest BCUT2D eigenvalue weighted by Gasteiger charge is -2.32. The molecule has 0 saturated heterocycles. The molecule has 214 valence electrons. The first-order chi connectivity index (χ1) is 18.9. The van der Waals surface area contributed by atoms with E-state index in [0.717, 1.165) is 21.3 Å². The van der Waals surface area contributed by atoms with E-state index in [1.54, 1.807) is 6.07 Å². The molecule has 0 unspecified atom stereocenters. The van der Waals surface area contributed by atoms with Crippen molar-refractivity contribution < 1.29 is 31.5 Å². The van der Waals surface area contributed by atoms with Crippen molar-refractivity contribution in [2.24, 2.45) is 5.92 Å². The maximum Gasteiger partial charge on any atom is 0.264 e. The Bertz CT molecular complexity index is 1410. The van der Waals surface area contributed by atoms with Crippen LogP contribution in [-0.2, 0) is 26.2 Å². The number of anilines is 1. The molecule has 0 radical (unpaired) electrons. The van der Waals surface area contributed by atoms with Crippen LogP contribution in [0.15, 0.2) is 77.7 Å². The van der Waals surface area contributed by atoms with Crippen molar-refractivity contribution in [3.63, 3.8) is 0 Å². The van der Waals surface area contributed by atoms with Crippen LogP contribution in [0.3, 0.4) is 0 Å². The van der Waals surface area contributed by atoms with Gasteiger partial charge in [-0.1, -0.05) is 32.0 Å². The van der Waals surface area contributed by atoms with Gasteiger partial charge in [-0.25, -0.2) is 17.2 Å². The van der Waals surface area contributed by atoms with Gasteiger partial charge in [0.15, 0.2) is 0 Å². The van der Waals surface area contributed by atoms with Gasteiger partial charge in [0.2, 0.25) is 11.8 Å². The van der Waals surface area contributed by atoms with Crippen LogP contribution >= 0.6 is 0 Å². The van der Waals surface area contributed by atoms with E-state index in [2.05, 4.69) is 5.32 Å². The van der Waals surface area contributed by atoms with Crippen molar-refractivity contribution in [3.05, 3.63) is 90.0 Å². The zero-order valence-electron chi connectivity index (χ0n) is 22.8. The zero-order valence-corrected chi connectivity index (χ0v) is 23.6. The van der Waals surface area contributed by atoms with E-state index < -0.39 is 46.1 Å². The summed E-state index contributed by atoms with van der Waals surface area (Å²) in [6, 6.07) is 15.0. The quantitative estimate of drug-likeness (QED) is 0.348. The molecule has 3 aromatic carbocycles. The fourth-order valence-electron chi connectivity index (χ4n) is 3.86. The molecule has 11 heteroatoms. The molecular formula is C29H33F2N3O5S. The molecule has 0 saturated carbocycles. The summed E-state index contributed by atoms with van der Waals surface area (Å²) >= 11 is 0. The highest BCUT2D eigenvalue weighted by Gasteiger charge is 2.33. The summed E-state index contributed by atoms with van der Waals surface area (Å²) in [6.07, 6.45) is 0. The Morgan fingerprint density at radius 2 is 1.55 bits per heavy atom. The van der Waals surface area contributed by atoms with Crippen LogP contribution in [0.4, 0.5) is 14.5 Å². The fourth-order valence-corrected chi connectivity index (χ4v) is 5.27. The van der Waals surface area contributed by atoms with Gasteiger partial charge in [0.05, 0.1) is 17.7 Å². The topological polar surface area (TPSA) is 96.0 Å². The maximum atomic E-state index is 14.6. The molecule has 0 aliphatic heterocycles. The van der Waals surface area contributed by atoms with E-state index >= 15 is 0 Å². The van der Waals surface area contributed by atoms with Gasteiger partial charge in [-0.15, -0.1) is 0 Å². The number of hydrogen-bond donors (Lipinski definition) is 1. The number of carbonyl (C=O) groups is 2. The summed E-state index contributed by atoms with van der Waals surface area (Å²) < 4.78 is 61.7. The number of nitrogens with one attached hydrogen (secondary N) is 1. The lowest BCUT2D eigenvalue weighted by molar-refractivity contribution is -0.139. The van der Waals surface area contributed by atoms with Gasteiger partial charge in [0, 0.05) is 18.7 Å². The minimum absolute atomic E-state index is 0.0355. The van der Waals surface area contributed by atoms with Crippen molar-refractivity contribution in [3.8, 4) is 5.75 Å². The standard InChI is InChI=1S/C29H33F2N3O5S/c1-20(2)17-32-29(36)21(3)33(18-22-7-5-6-8-27(22)31)28(35)19-34(24-11-9-23(30)10-12-24)40(37,38)26-15-13-25(39-4)14-16-26/h5-16,20-21H,17-19H2,1-4H3,(H,32,36)/t21-/m0/s1. The lowest BCUT2D eigenvalue weighted by atomic mass is 10.1. The highest BCUT2D eigenvalue weighted by atomic mass is 32.2. The van der Waals surface area contributed by atoms with E-state index in [1.807, 2.05) is 13.8 Å². The molecule has 0 bridgehead atoms. The highest BCUT2D eigenvalue weighted by molar-refractivity contribution is 7.92. The third kappa shape index (κ3) is 7.56. The molecule has 0 aromatic heterocycles. The van der Waals surface area contributed by atoms with Gasteiger partial charge in [-0.3, -0.25) is 13.9 Å². The Kier molecular flexibility index (Phi) is 10.2. The van der Waals surface area contributed by atoms with Crippen LogP contribution in [0.1, 0.15) is 26.3 Å². The second-order valence-corrected chi connectivity index (χ2v) is 11.5.